The fourth-order valence-corrected chi connectivity index (χ4v) is 8.70. The van der Waals surface area contributed by atoms with Crippen LogP contribution in [0.2, 0.25) is 5.02 Å². The molecule has 0 saturated carbocycles. The Kier molecular flexibility index (Phi) is 9.80. The number of aliphatic carboxylic acids is 2. The zero-order chi connectivity index (χ0) is 37.7. The lowest BCUT2D eigenvalue weighted by Crippen LogP contribution is -2.71. The first-order valence-corrected chi connectivity index (χ1v) is 17.8. The van der Waals surface area contributed by atoms with Gasteiger partial charge in [-0.2, -0.15) is 0 Å². The molecule has 2 unspecified atom stereocenters. The van der Waals surface area contributed by atoms with Gasteiger partial charge >= 0.3 is 11.9 Å². The molecule has 3 saturated heterocycles. The average Bonchev–Trinajstić information content (AvgIpc) is 3.52. The molecule has 4 atom stereocenters. The van der Waals surface area contributed by atoms with Gasteiger partial charge in [0.05, 0.1) is 36.8 Å². The summed E-state index contributed by atoms with van der Waals surface area (Å²) in [6, 6.07) is 6.76. The van der Waals surface area contributed by atoms with Crippen molar-refractivity contribution in [2.45, 2.75) is 49.7 Å². The second-order valence-corrected chi connectivity index (χ2v) is 15.2. The predicted octanol–water partition coefficient (Wildman–Crippen LogP) is 1.91. The van der Waals surface area contributed by atoms with Gasteiger partial charge in [0.2, 0.25) is 5.60 Å². The van der Waals surface area contributed by atoms with Crippen LogP contribution in [0.3, 0.4) is 0 Å². The number of halogens is 1. The van der Waals surface area contributed by atoms with E-state index in [4.69, 9.17) is 16.4 Å². The maximum atomic E-state index is 13.6. The van der Waals surface area contributed by atoms with Crippen LogP contribution in [0.4, 0.5) is 0 Å². The first-order chi connectivity index (χ1) is 24.5. The minimum absolute atomic E-state index is 0.0162. The average molecular weight is 759 g/mol. The van der Waals surface area contributed by atoms with Crippen LogP contribution in [0.5, 0.6) is 17.2 Å². The molecule has 2 aromatic carbocycles. The maximum absolute atomic E-state index is 13.6. The molecule has 0 bridgehead atoms. The van der Waals surface area contributed by atoms with Gasteiger partial charge in [-0.1, -0.05) is 16.8 Å². The number of β-lactam (4-membered cyclic amide) rings is 1. The van der Waals surface area contributed by atoms with Crippen molar-refractivity contribution in [3.8, 4) is 17.2 Å². The lowest BCUT2D eigenvalue weighted by atomic mass is 10.00. The number of carboxylic acid groups (broad SMARTS) is 2. The number of fused-ring (bicyclic) bond motifs is 2. The molecule has 6 rings (SSSR count). The van der Waals surface area contributed by atoms with Gasteiger partial charge in [0.25, 0.3) is 17.7 Å². The normalized spacial score (nSPS) is 24.5. The highest BCUT2D eigenvalue weighted by Gasteiger charge is 2.56. The number of quaternary nitrogens is 1. The molecule has 3 fully saturated rings. The number of carbonyl (C=O) groups excluding carboxylic acids is 3. The zero-order valence-corrected chi connectivity index (χ0v) is 29.7. The van der Waals surface area contributed by atoms with Gasteiger partial charge in [-0.3, -0.25) is 19.3 Å². The number of carboxylic acids is 2. The molecule has 3 amide bonds. The molecule has 18 heteroatoms. The third kappa shape index (κ3) is 6.59. The van der Waals surface area contributed by atoms with Gasteiger partial charge in [-0.05, 0) is 50.2 Å². The van der Waals surface area contributed by atoms with Crippen molar-refractivity contribution in [2.24, 2.45) is 5.16 Å². The molecule has 4 aliphatic rings. The Balaban J connectivity index is 1.19. The Morgan fingerprint density at radius 1 is 1.08 bits per heavy atom. The van der Waals surface area contributed by atoms with E-state index in [9.17, 15) is 49.5 Å². The monoisotopic (exact) mass is 758 g/mol. The highest BCUT2D eigenvalue weighted by molar-refractivity contribution is 8.00. The zero-order valence-electron chi connectivity index (χ0n) is 28.1. The van der Waals surface area contributed by atoms with Crippen molar-refractivity contribution in [3.05, 3.63) is 63.8 Å². The summed E-state index contributed by atoms with van der Waals surface area (Å²) in [5, 5.41) is 54.8. The maximum Gasteiger partial charge on any atom is 0.352 e. The molecule has 276 valence electrons. The highest BCUT2D eigenvalue weighted by atomic mass is 35.5. The molecule has 0 spiro atoms. The summed E-state index contributed by atoms with van der Waals surface area (Å²) >= 11 is 7.48. The fraction of sp³-hybridized carbons (Fsp3) is 0.412. The van der Waals surface area contributed by atoms with E-state index in [1.54, 1.807) is 4.90 Å². The van der Waals surface area contributed by atoms with E-state index in [1.807, 2.05) is 0 Å². The van der Waals surface area contributed by atoms with Crippen LogP contribution in [0, 0.1) is 0 Å². The van der Waals surface area contributed by atoms with Crippen LogP contribution in [0.1, 0.15) is 42.6 Å². The van der Waals surface area contributed by atoms with Gasteiger partial charge < -0.3 is 45.1 Å². The van der Waals surface area contributed by atoms with Crippen molar-refractivity contribution < 1.29 is 58.8 Å². The molecule has 6 N–H and O–H groups in total. The number of aromatic hydroxyl groups is 3. The van der Waals surface area contributed by atoms with E-state index in [0.717, 1.165) is 19.4 Å². The van der Waals surface area contributed by atoms with Crippen LogP contribution in [0.15, 0.2) is 52.8 Å². The largest absolute Gasteiger partial charge is 0.508 e. The molecule has 0 aliphatic carbocycles. The summed E-state index contributed by atoms with van der Waals surface area (Å²) < 4.78 is 0.539. The van der Waals surface area contributed by atoms with E-state index in [0.29, 0.717) is 36.2 Å². The van der Waals surface area contributed by atoms with Crippen LogP contribution in [-0.4, -0.2) is 137 Å². The molecule has 52 heavy (non-hydrogen) atoms. The summed E-state index contributed by atoms with van der Waals surface area (Å²) in [5.74, 6) is -5.34. The Labute approximate surface area is 306 Å². The molecule has 0 radical (unpaired) electrons. The highest BCUT2D eigenvalue weighted by Crippen LogP contribution is 2.43. The third-order valence-electron chi connectivity index (χ3n) is 10.1. The molecule has 0 aromatic heterocycles. The van der Waals surface area contributed by atoms with Gasteiger partial charge in [0.15, 0.2) is 17.2 Å². The lowest BCUT2D eigenvalue weighted by molar-refractivity contribution is -0.938. The van der Waals surface area contributed by atoms with E-state index >= 15 is 0 Å². The number of piperazine rings is 1. The van der Waals surface area contributed by atoms with Gasteiger partial charge in [0, 0.05) is 29.7 Å². The Morgan fingerprint density at radius 3 is 2.46 bits per heavy atom. The number of phenols is 3. The lowest BCUT2D eigenvalue weighted by Gasteiger charge is -2.51. The van der Waals surface area contributed by atoms with Gasteiger partial charge in [-0.25, -0.2) is 9.59 Å². The van der Waals surface area contributed by atoms with Crippen LogP contribution in [0.25, 0.3) is 0 Å². The quantitative estimate of drug-likeness (QED) is 0.0672. The second-order valence-electron chi connectivity index (χ2n) is 13.7. The van der Waals surface area contributed by atoms with Crippen molar-refractivity contribution >= 4 is 58.7 Å². The van der Waals surface area contributed by atoms with E-state index in [2.05, 4.69) is 10.5 Å². The van der Waals surface area contributed by atoms with Crippen molar-refractivity contribution in [3.63, 3.8) is 0 Å². The number of nitrogens with one attached hydrogen (secondary N) is 1. The van der Waals surface area contributed by atoms with Crippen molar-refractivity contribution in [1.82, 2.24) is 15.1 Å². The molecule has 4 heterocycles. The number of hydrogen-bond acceptors (Lipinski definition) is 11. The van der Waals surface area contributed by atoms with E-state index in [1.165, 1.54) is 66.9 Å². The fourth-order valence-electron chi connectivity index (χ4n) is 7.12. The number of thioether (sulfide) groups is 1. The topological polar surface area (TPSA) is 227 Å². The summed E-state index contributed by atoms with van der Waals surface area (Å²) in [5.41, 5.74) is -1.48. The van der Waals surface area contributed by atoms with Gasteiger partial charge in [-0.15, -0.1) is 11.8 Å². The number of carbonyl (C=O) groups is 5. The molecule has 2 aromatic rings. The SMILES string of the molecule is CC(C)(O/N=C(\C(=O)N[C@@H]1C(=O)N2C(C(=O)O)=C(C[N+]34CCCC3CN(C(=O)c3ccc(O)c(O)c3Cl)CC4)CS[C@H]12)c1ccc(O)cc1)C(=O)O. The van der Waals surface area contributed by atoms with E-state index < -0.39 is 52.3 Å². The summed E-state index contributed by atoms with van der Waals surface area (Å²) in [7, 11) is 0. The summed E-state index contributed by atoms with van der Waals surface area (Å²) in [4.78, 5) is 72.8. The van der Waals surface area contributed by atoms with Crippen molar-refractivity contribution in [1.29, 1.82) is 0 Å². The smallest absolute Gasteiger partial charge is 0.352 e. The third-order valence-corrected chi connectivity index (χ3v) is 11.8. The molecule has 4 aliphatic heterocycles. The minimum Gasteiger partial charge on any atom is -0.508 e. The van der Waals surface area contributed by atoms with Crippen LogP contribution < -0.4 is 5.32 Å². The van der Waals surface area contributed by atoms with Crippen molar-refractivity contribution in [2.75, 3.05) is 38.5 Å². The number of rotatable bonds is 10. The number of benzene rings is 2. The van der Waals surface area contributed by atoms with Gasteiger partial charge in [0.1, 0.15) is 35.4 Å². The first kappa shape index (κ1) is 36.8. The van der Waals surface area contributed by atoms with Crippen LogP contribution in [-0.2, 0) is 24.0 Å². The van der Waals surface area contributed by atoms with E-state index in [-0.39, 0.29) is 51.0 Å². The number of hydrogen-bond donors (Lipinski definition) is 6. The Bertz CT molecular complexity index is 1920. The standard InChI is InChI=1S/C34H36ClN5O11S/c1-34(2,33(49)50)51-37-24(17-5-7-20(41)8-6-17)28(44)36-25-30(46)39-26(32(47)48)18(16-52-31(25)39)15-40-12-3-4-19(40)14-38(11-13-40)29(45)21-9-10-22(42)27(43)23(21)35/h5-10,19,25,31H,3-4,11-16H2,1-2H3,(H5-,36,37,41,42,43,44,45,47,48,49,50)/p+1/t19?,25-,31-,40?/m1/s1. The van der Waals surface area contributed by atoms with Crippen LogP contribution >= 0.6 is 23.4 Å². The Hall–Kier alpha value is -5.00. The second kappa shape index (κ2) is 13.9. The molecular weight excluding hydrogens is 722 g/mol. The number of phenolic OH excluding ortho intramolecular Hbond substituents is 3. The molecule has 16 nitrogen and oxygen atoms in total. The predicted molar refractivity (Wildman–Crippen MR) is 186 cm³/mol. The summed E-state index contributed by atoms with van der Waals surface area (Å²) in [6.45, 7) is 4.82. The number of oxime groups is 1. The Morgan fingerprint density at radius 2 is 1.79 bits per heavy atom. The number of nitrogens with zero attached hydrogens (tertiary/aromatic N) is 4. The first-order valence-electron chi connectivity index (χ1n) is 16.4. The summed E-state index contributed by atoms with van der Waals surface area (Å²) in [6.07, 6.45) is 1.65. The molecular formula is C34H37ClN5O11S+. The number of amides is 3. The minimum atomic E-state index is -1.80.